The number of carbonyl (C=O) groups excluding carboxylic acids is 1. The predicted molar refractivity (Wildman–Crippen MR) is 93.1 cm³/mol. The first-order valence-electron chi connectivity index (χ1n) is 8.86. The van der Waals surface area contributed by atoms with Crippen molar-refractivity contribution in [1.82, 2.24) is 14.8 Å². The average molecular weight is 342 g/mol. The van der Waals surface area contributed by atoms with E-state index in [4.69, 9.17) is 4.98 Å². The SMILES string of the molecule is Cn1cc(C(=O)Nc2nc(C34CC5CC(CC(C5)C3)C4)cs2)cn1. The largest absolute Gasteiger partial charge is 0.298 e. The van der Waals surface area contributed by atoms with Gasteiger partial charge in [0.2, 0.25) is 0 Å². The molecule has 0 aliphatic heterocycles. The first kappa shape index (κ1) is 14.6. The summed E-state index contributed by atoms with van der Waals surface area (Å²) in [6, 6.07) is 0. The molecule has 1 amide bonds. The minimum absolute atomic E-state index is 0.130. The summed E-state index contributed by atoms with van der Waals surface area (Å²) in [6.45, 7) is 0. The zero-order chi connectivity index (χ0) is 16.3. The molecule has 4 aliphatic rings. The Kier molecular flexibility index (Phi) is 3.14. The van der Waals surface area contributed by atoms with Gasteiger partial charge < -0.3 is 0 Å². The zero-order valence-electron chi connectivity index (χ0n) is 13.9. The number of hydrogen-bond donors (Lipinski definition) is 1. The molecule has 4 fully saturated rings. The fourth-order valence-corrected chi connectivity index (χ4v) is 6.54. The van der Waals surface area contributed by atoms with Crippen LogP contribution in [0.4, 0.5) is 5.13 Å². The molecule has 0 aromatic carbocycles. The second-order valence-electron chi connectivity index (χ2n) is 8.09. The van der Waals surface area contributed by atoms with E-state index in [1.54, 1.807) is 28.4 Å². The van der Waals surface area contributed by atoms with Crippen LogP contribution in [0.1, 0.15) is 54.6 Å². The van der Waals surface area contributed by atoms with Crippen LogP contribution in [0.5, 0.6) is 0 Å². The van der Waals surface area contributed by atoms with Crippen molar-refractivity contribution in [3.05, 3.63) is 29.0 Å². The molecule has 1 N–H and O–H groups in total. The molecule has 4 saturated carbocycles. The quantitative estimate of drug-likeness (QED) is 0.927. The lowest BCUT2D eigenvalue weighted by atomic mass is 9.49. The van der Waals surface area contributed by atoms with Crippen molar-refractivity contribution in [2.75, 3.05) is 5.32 Å². The molecular weight excluding hydrogens is 320 g/mol. The number of nitrogens with zero attached hydrogens (tertiary/aromatic N) is 3. The van der Waals surface area contributed by atoms with Gasteiger partial charge in [0.25, 0.3) is 5.91 Å². The molecule has 5 nitrogen and oxygen atoms in total. The highest BCUT2D eigenvalue weighted by Gasteiger charge is 2.52. The Hall–Kier alpha value is -1.69. The van der Waals surface area contributed by atoms with Crippen molar-refractivity contribution in [2.45, 2.75) is 43.9 Å². The third kappa shape index (κ3) is 2.31. The van der Waals surface area contributed by atoms with Gasteiger partial charge in [0.1, 0.15) is 0 Å². The van der Waals surface area contributed by atoms with Gasteiger partial charge >= 0.3 is 0 Å². The van der Waals surface area contributed by atoms with Gasteiger partial charge in [-0.05, 0) is 56.3 Å². The van der Waals surface area contributed by atoms with Crippen molar-refractivity contribution in [2.24, 2.45) is 24.8 Å². The Morgan fingerprint density at radius 2 is 1.92 bits per heavy atom. The summed E-state index contributed by atoms with van der Waals surface area (Å²) in [5.41, 5.74) is 2.10. The molecule has 0 unspecified atom stereocenters. The summed E-state index contributed by atoms with van der Waals surface area (Å²) in [5.74, 6) is 2.60. The van der Waals surface area contributed by atoms with Crippen LogP contribution in [0.3, 0.4) is 0 Å². The first-order valence-corrected chi connectivity index (χ1v) is 9.74. The fourth-order valence-electron chi connectivity index (χ4n) is 5.71. The number of aromatic nitrogens is 3. The topological polar surface area (TPSA) is 59.8 Å². The summed E-state index contributed by atoms with van der Waals surface area (Å²) in [7, 11) is 1.81. The van der Waals surface area contributed by atoms with E-state index in [1.807, 2.05) is 7.05 Å². The Balaban J connectivity index is 1.37. The van der Waals surface area contributed by atoms with Gasteiger partial charge in [0, 0.05) is 24.0 Å². The zero-order valence-corrected chi connectivity index (χ0v) is 14.7. The molecular formula is C18H22N4OS. The van der Waals surface area contributed by atoms with Crippen LogP contribution in [0, 0.1) is 17.8 Å². The van der Waals surface area contributed by atoms with Gasteiger partial charge in [-0.1, -0.05) is 0 Å². The smallest absolute Gasteiger partial charge is 0.260 e. The average Bonchev–Trinajstić information content (AvgIpc) is 3.15. The summed E-state index contributed by atoms with van der Waals surface area (Å²) in [4.78, 5) is 17.1. The molecule has 126 valence electrons. The first-order chi connectivity index (χ1) is 11.6. The lowest BCUT2D eigenvalue weighted by Gasteiger charge is -2.56. The number of nitrogens with one attached hydrogen (secondary N) is 1. The molecule has 2 heterocycles. The normalized spacial score (nSPS) is 33.8. The van der Waals surface area contributed by atoms with Crippen LogP contribution in [0.25, 0.3) is 0 Å². The molecule has 0 saturated heterocycles. The number of anilines is 1. The van der Waals surface area contributed by atoms with Crippen LogP contribution >= 0.6 is 11.3 Å². The van der Waals surface area contributed by atoms with Gasteiger partial charge in [0.15, 0.2) is 5.13 Å². The monoisotopic (exact) mass is 342 g/mol. The molecule has 0 spiro atoms. The molecule has 6 heteroatoms. The second kappa shape index (κ2) is 5.15. The molecule has 24 heavy (non-hydrogen) atoms. The van der Waals surface area contributed by atoms with Crippen LogP contribution in [-0.2, 0) is 12.5 Å². The van der Waals surface area contributed by atoms with E-state index in [0.717, 1.165) is 22.9 Å². The van der Waals surface area contributed by atoms with Crippen LogP contribution in [-0.4, -0.2) is 20.7 Å². The van der Waals surface area contributed by atoms with E-state index in [2.05, 4.69) is 15.8 Å². The van der Waals surface area contributed by atoms with E-state index >= 15 is 0 Å². The second-order valence-corrected chi connectivity index (χ2v) is 8.95. The minimum Gasteiger partial charge on any atom is -0.298 e. The molecule has 2 aromatic rings. The Bertz CT molecular complexity index is 757. The highest BCUT2D eigenvalue weighted by Crippen LogP contribution is 2.60. The van der Waals surface area contributed by atoms with Gasteiger partial charge in [-0.2, -0.15) is 5.10 Å². The molecule has 2 aromatic heterocycles. The van der Waals surface area contributed by atoms with Gasteiger partial charge in [-0.15, -0.1) is 11.3 Å². The maximum atomic E-state index is 12.3. The Labute approximate surface area is 145 Å². The summed E-state index contributed by atoms with van der Waals surface area (Å²) in [6.07, 6.45) is 11.5. The van der Waals surface area contributed by atoms with Crippen molar-refractivity contribution in [1.29, 1.82) is 0 Å². The lowest BCUT2D eigenvalue weighted by Crippen LogP contribution is -2.48. The number of amides is 1. The van der Waals surface area contributed by atoms with Gasteiger partial charge in [-0.3, -0.25) is 14.8 Å². The molecule has 4 aliphatic carbocycles. The van der Waals surface area contributed by atoms with Crippen molar-refractivity contribution >= 4 is 22.4 Å². The molecule has 0 atom stereocenters. The summed E-state index contributed by atoms with van der Waals surface area (Å²) >= 11 is 1.56. The number of hydrogen-bond acceptors (Lipinski definition) is 4. The standard InChI is InChI=1S/C18H22N4OS/c1-22-9-14(8-19-22)16(23)21-17-20-15(10-24-17)18-5-11-2-12(6-18)4-13(3-11)7-18/h8-13H,2-7H2,1H3,(H,20,21,23). The minimum atomic E-state index is -0.130. The van der Waals surface area contributed by atoms with Crippen molar-refractivity contribution < 1.29 is 4.79 Å². The van der Waals surface area contributed by atoms with Crippen LogP contribution < -0.4 is 5.32 Å². The van der Waals surface area contributed by atoms with Crippen molar-refractivity contribution in [3.8, 4) is 0 Å². The number of carbonyl (C=O) groups is 1. The maximum absolute atomic E-state index is 12.3. The maximum Gasteiger partial charge on any atom is 0.260 e. The Morgan fingerprint density at radius 3 is 2.50 bits per heavy atom. The van der Waals surface area contributed by atoms with E-state index < -0.39 is 0 Å². The highest BCUT2D eigenvalue weighted by molar-refractivity contribution is 7.14. The lowest BCUT2D eigenvalue weighted by molar-refractivity contribution is -0.00688. The molecule has 4 bridgehead atoms. The number of aryl methyl sites for hydroxylation is 1. The van der Waals surface area contributed by atoms with E-state index in [1.165, 1.54) is 44.2 Å². The van der Waals surface area contributed by atoms with E-state index in [0.29, 0.717) is 11.0 Å². The third-order valence-electron chi connectivity index (χ3n) is 6.27. The van der Waals surface area contributed by atoms with Crippen LogP contribution in [0.2, 0.25) is 0 Å². The van der Waals surface area contributed by atoms with E-state index in [-0.39, 0.29) is 5.91 Å². The molecule has 6 rings (SSSR count). The summed E-state index contributed by atoms with van der Waals surface area (Å²) in [5, 5.41) is 9.89. The predicted octanol–water partition coefficient (Wildman–Crippen LogP) is 3.60. The van der Waals surface area contributed by atoms with E-state index in [9.17, 15) is 4.79 Å². The van der Waals surface area contributed by atoms with Gasteiger partial charge in [-0.25, -0.2) is 4.98 Å². The Morgan fingerprint density at radius 1 is 1.25 bits per heavy atom. The molecule has 0 radical (unpaired) electrons. The van der Waals surface area contributed by atoms with Crippen LogP contribution in [0.15, 0.2) is 17.8 Å². The van der Waals surface area contributed by atoms with Gasteiger partial charge in [0.05, 0.1) is 17.5 Å². The fraction of sp³-hybridized carbons (Fsp3) is 0.611. The number of thiazole rings is 1. The highest BCUT2D eigenvalue weighted by atomic mass is 32.1. The third-order valence-corrected chi connectivity index (χ3v) is 7.03. The summed E-state index contributed by atoms with van der Waals surface area (Å²) < 4.78 is 1.64. The van der Waals surface area contributed by atoms with Crippen molar-refractivity contribution in [3.63, 3.8) is 0 Å². The number of rotatable bonds is 3.